The fraction of sp³-hybridized carbons (Fsp3) is 0.350. The molecule has 1 atom stereocenters. The number of nitrogens with zero attached hydrogens (tertiary/aromatic N) is 4. The van der Waals surface area contributed by atoms with Gasteiger partial charge >= 0.3 is 0 Å². The molecule has 1 fully saturated rings. The van der Waals surface area contributed by atoms with Crippen LogP contribution in [0, 0.1) is 0 Å². The van der Waals surface area contributed by atoms with Gasteiger partial charge in [0.05, 0.1) is 0 Å². The van der Waals surface area contributed by atoms with Crippen molar-refractivity contribution in [3.05, 3.63) is 42.7 Å². The molecule has 0 bridgehead atoms. The number of rotatable bonds is 6. The zero-order chi connectivity index (χ0) is 19.3. The molecule has 1 saturated heterocycles. The second-order valence-electron chi connectivity index (χ2n) is 6.69. The Balaban J connectivity index is 1.41. The van der Waals surface area contributed by atoms with Gasteiger partial charge in [-0.25, -0.2) is 15.0 Å². The van der Waals surface area contributed by atoms with Crippen molar-refractivity contribution in [3.63, 3.8) is 0 Å². The van der Waals surface area contributed by atoms with E-state index in [1.165, 1.54) is 0 Å². The highest BCUT2D eigenvalue weighted by Crippen LogP contribution is 2.26. The van der Waals surface area contributed by atoms with Crippen LogP contribution in [0.3, 0.4) is 0 Å². The van der Waals surface area contributed by atoms with Crippen LogP contribution in [0.2, 0.25) is 0 Å². The largest absolute Gasteiger partial charge is 0.488 e. The van der Waals surface area contributed by atoms with E-state index in [4.69, 9.17) is 15.2 Å². The zero-order valence-corrected chi connectivity index (χ0v) is 15.8. The number of hydrogen-bond donors (Lipinski definition) is 2. The van der Waals surface area contributed by atoms with Crippen molar-refractivity contribution in [2.45, 2.75) is 13.0 Å². The lowest BCUT2D eigenvalue weighted by atomic mass is 10.2. The van der Waals surface area contributed by atoms with E-state index in [0.29, 0.717) is 36.7 Å². The number of nitrogens with one attached hydrogen (secondary N) is 1. The summed E-state index contributed by atoms with van der Waals surface area (Å²) in [6, 6.07) is 9.83. The molecule has 146 valence electrons. The van der Waals surface area contributed by atoms with Gasteiger partial charge in [0, 0.05) is 43.5 Å². The maximum atomic E-state index is 5.89. The molecule has 3 heterocycles. The predicted octanol–water partition coefficient (Wildman–Crippen LogP) is 1.86. The van der Waals surface area contributed by atoms with Gasteiger partial charge in [0.1, 0.15) is 30.3 Å². The fourth-order valence-electron chi connectivity index (χ4n) is 3.31. The summed E-state index contributed by atoms with van der Waals surface area (Å²) < 4.78 is 11.8. The van der Waals surface area contributed by atoms with Crippen molar-refractivity contribution in [2.24, 2.45) is 0 Å². The Kier molecular flexibility index (Phi) is 5.38. The van der Waals surface area contributed by atoms with Gasteiger partial charge in [-0.15, -0.1) is 0 Å². The first kappa shape index (κ1) is 18.2. The fourth-order valence-corrected chi connectivity index (χ4v) is 3.31. The highest BCUT2D eigenvalue weighted by molar-refractivity contribution is 5.85. The molecule has 0 unspecified atom stereocenters. The number of piperazine rings is 1. The summed E-state index contributed by atoms with van der Waals surface area (Å²) >= 11 is 0. The molecular weight excluding hydrogens is 356 g/mol. The maximum absolute atomic E-state index is 5.89. The number of anilines is 2. The van der Waals surface area contributed by atoms with Crippen LogP contribution in [0.1, 0.15) is 6.92 Å². The van der Waals surface area contributed by atoms with E-state index in [1.54, 1.807) is 18.5 Å². The van der Waals surface area contributed by atoms with Crippen LogP contribution in [0.4, 0.5) is 11.6 Å². The minimum absolute atomic E-state index is 0.330. The highest BCUT2D eigenvalue weighted by atomic mass is 16.5. The Bertz CT molecular complexity index is 951. The molecule has 28 heavy (non-hydrogen) atoms. The first-order valence-corrected chi connectivity index (χ1v) is 9.41. The molecule has 1 aliphatic rings. The zero-order valence-electron chi connectivity index (χ0n) is 15.8. The van der Waals surface area contributed by atoms with E-state index >= 15 is 0 Å². The number of nitrogens with two attached hydrogens (primary N) is 1. The standard InChI is InChI=1S/C20H24N6O2/c1-14-13-22-9-10-26(14)19-20(24-8-7-23-19)28-12-11-27-16-4-2-3-15-5-6-17(21)25-18(15)16/h2-8,14,22H,9-13H2,1H3,(H2,21,25)/t14-/m1/s1. The van der Waals surface area contributed by atoms with E-state index in [2.05, 4.69) is 32.1 Å². The summed E-state index contributed by atoms with van der Waals surface area (Å²) in [4.78, 5) is 15.4. The van der Waals surface area contributed by atoms with Gasteiger partial charge in [-0.1, -0.05) is 12.1 Å². The van der Waals surface area contributed by atoms with E-state index in [0.717, 1.165) is 36.4 Å². The van der Waals surface area contributed by atoms with Crippen LogP contribution in [-0.2, 0) is 0 Å². The summed E-state index contributed by atoms with van der Waals surface area (Å²) in [6.45, 7) is 5.58. The highest BCUT2D eigenvalue weighted by Gasteiger charge is 2.23. The lowest BCUT2D eigenvalue weighted by Gasteiger charge is -2.35. The van der Waals surface area contributed by atoms with Gasteiger partial charge in [-0.2, -0.15) is 0 Å². The Morgan fingerprint density at radius 2 is 2.00 bits per heavy atom. The molecule has 0 spiro atoms. The Hall–Kier alpha value is -3.13. The average Bonchev–Trinajstić information content (AvgIpc) is 2.72. The second-order valence-corrected chi connectivity index (χ2v) is 6.69. The summed E-state index contributed by atoms with van der Waals surface area (Å²) in [5, 5.41) is 4.36. The summed E-state index contributed by atoms with van der Waals surface area (Å²) in [5.74, 6) is 2.45. The Labute approximate surface area is 163 Å². The summed E-state index contributed by atoms with van der Waals surface area (Å²) in [6.07, 6.45) is 3.34. The van der Waals surface area contributed by atoms with Crippen LogP contribution in [0.25, 0.3) is 10.9 Å². The Morgan fingerprint density at radius 3 is 2.89 bits per heavy atom. The van der Waals surface area contributed by atoms with Crippen LogP contribution in [-0.4, -0.2) is 53.8 Å². The monoisotopic (exact) mass is 380 g/mol. The molecule has 1 aromatic carbocycles. The summed E-state index contributed by atoms with van der Waals surface area (Å²) in [5.41, 5.74) is 6.55. The topological polar surface area (TPSA) is 98.4 Å². The van der Waals surface area contributed by atoms with E-state index in [1.807, 2.05) is 24.3 Å². The van der Waals surface area contributed by atoms with Crippen LogP contribution in [0.15, 0.2) is 42.7 Å². The third-order valence-corrected chi connectivity index (χ3v) is 4.70. The predicted molar refractivity (Wildman–Crippen MR) is 109 cm³/mol. The van der Waals surface area contributed by atoms with E-state index in [-0.39, 0.29) is 0 Å². The first-order valence-electron chi connectivity index (χ1n) is 9.41. The van der Waals surface area contributed by atoms with Crippen LogP contribution in [0.5, 0.6) is 11.6 Å². The number of benzene rings is 1. The molecule has 3 N–H and O–H groups in total. The number of hydrogen-bond acceptors (Lipinski definition) is 8. The molecule has 8 heteroatoms. The third kappa shape index (κ3) is 3.91. The van der Waals surface area contributed by atoms with Crippen LogP contribution >= 0.6 is 0 Å². The van der Waals surface area contributed by atoms with E-state index < -0.39 is 0 Å². The quantitative estimate of drug-likeness (QED) is 0.626. The normalized spacial score (nSPS) is 16.9. The molecule has 0 aliphatic carbocycles. The van der Waals surface area contributed by atoms with Crippen molar-refractivity contribution in [1.82, 2.24) is 20.3 Å². The van der Waals surface area contributed by atoms with Crippen molar-refractivity contribution in [2.75, 3.05) is 43.5 Å². The molecule has 2 aromatic heterocycles. The first-order chi connectivity index (χ1) is 13.7. The van der Waals surface area contributed by atoms with Gasteiger partial charge in [0.2, 0.25) is 0 Å². The van der Waals surface area contributed by atoms with Gasteiger partial charge in [0.25, 0.3) is 5.88 Å². The molecule has 0 radical (unpaired) electrons. The smallest absolute Gasteiger partial charge is 0.257 e. The third-order valence-electron chi connectivity index (χ3n) is 4.70. The number of pyridine rings is 1. The number of fused-ring (bicyclic) bond motifs is 1. The average molecular weight is 380 g/mol. The lowest BCUT2D eigenvalue weighted by Crippen LogP contribution is -2.50. The van der Waals surface area contributed by atoms with Gasteiger partial charge in [0.15, 0.2) is 5.82 Å². The number of para-hydroxylation sites is 1. The minimum atomic E-state index is 0.330. The van der Waals surface area contributed by atoms with Crippen LogP contribution < -0.4 is 25.4 Å². The van der Waals surface area contributed by atoms with Crippen molar-refractivity contribution in [1.29, 1.82) is 0 Å². The Morgan fingerprint density at radius 1 is 1.14 bits per heavy atom. The molecule has 0 saturated carbocycles. The molecule has 0 amide bonds. The number of ether oxygens (including phenoxy) is 2. The van der Waals surface area contributed by atoms with E-state index in [9.17, 15) is 0 Å². The second kappa shape index (κ2) is 8.26. The van der Waals surface area contributed by atoms with Crippen molar-refractivity contribution >= 4 is 22.5 Å². The van der Waals surface area contributed by atoms with Gasteiger partial charge in [-0.3, -0.25) is 0 Å². The maximum Gasteiger partial charge on any atom is 0.257 e. The molecular formula is C20H24N6O2. The van der Waals surface area contributed by atoms with Gasteiger partial charge < -0.3 is 25.4 Å². The SMILES string of the molecule is C[C@@H]1CNCCN1c1nccnc1OCCOc1cccc2ccc(N)nc12. The molecule has 8 nitrogen and oxygen atoms in total. The van der Waals surface area contributed by atoms with Gasteiger partial charge in [-0.05, 0) is 25.1 Å². The molecule has 4 rings (SSSR count). The lowest BCUT2D eigenvalue weighted by molar-refractivity contribution is 0.212. The molecule has 3 aromatic rings. The molecule has 1 aliphatic heterocycles. The number of aromatic nitrogens is 3. The minimum Gasteiger partial charge on any atom is -0.488 e. The summed E-state index contributed by atoms with van der Waals surface area (Å²) in [7, 11) is 0. The van der Waals surface area contributed by atoms with Crippen molar-refractivity contribution in [3.8, 4) is 11.6 Å². The van der Waals surface area contributed by atoms with Crippen molar-refractivity contribution < 1.29 is 9.47 Å². The number of nitrogen functional groups attached to an aromatic ring is 1.